The molecule has 7 nitrogen and oxygen atoms in total. The lowest BCUT2D eigenvalue weighted by Crippen LogP contribution is -2.55. The summed E-state index contributed by atoms with van der Waals surface area (Å²) in [5.41, 5.74) is 2.60. The van der Waals surface area contributed by atoms with Crippen LogP contribution in [0.2, 0.25) is 0 Å². The molecule has 5 heterocycles. The lowest BCUT2D eigenvalue weighted by molar-refractivity contribution is -0.0977. The number of piperidine rings is 1. The van der Waals surface area contributed by atoms with Crippen LogP contribution in [0.1, 0.15) is 28.2 Å². The van der Waals surface area contributed by atoms with Crippen LogP contribution in [0.5, 0.6) is 5.75 Å². The number of ether oxygens (including phenoxy) is 2. The van der Waals surface area contributed by atoms with Crippen LogP contribution in [0.15, 0.2) is 24.3 Å². The van der Waals surface area contributed by atoms with Gasteiger partial charge in [-0.2, -0.15) is 5.10 Å². The Kier molecular flexibility index (Phi) is 4.74. The molecule has 1 aromatic carbocycles. The molecule has 4 aliphatic rings. The molecule has 0 aliphatic carbocycles. The van der Waals surface area contributed by atoms with Gasteiger partial charge in [0, 0.05) is 31.6 Å². The number of rotatable bonds is 3. The van der Waals surface area contributed by atoms with Crippen molar-refractivity contribution in [2.45, 2.75) is 31.4 Å². The highest BCUT2D eigenvalue weighted by atomic mass is 19.3. The zero-order chi connectivity index (χ0) is 20.9. The van der Waals surface area contributed by atoms with Crippen molar-refractivity contribution >= 4 is 5.91 Å². The standard InChI is InChI=1S/C21H24F2N4O3/c1-29-15-4-2-14(3-5-15)27-17-7-11-30-12-16(17)19(24-27)20(28)26-10-9-25-8-6-18(26)21(22,23)13-25/h2-5,18H,6-13H2,1H3/t18-/m0/s1. The smallest absolute Gasteiger partial charge is 0.280 e. The summed E-state index contributed by atoms with van der Waals surface area (Å²) in [4.78, 5) is 16.5. The molecular weight excluding hydrogens is 394 g/mol. The third-order valence-corrected chi connectivity index (χ3v) is 6.27. The highest BCUT2D eigenvalue weighted by molar-refractivity contribution is 5.94. The monoisotopic (exact) mass is 418 g/mol. The molecule has 1 unspecified atom stereocenters. The first-order valence-electron chi connectivity index (χ1n) is 10.2. The van der Waals surface area contributed by atoms with Crippen molar-refractivity contribution in [3.63, 3.8) is 0 Å². The molecule has 9 heteroatoms. The molecule has 2 aromatic rings. The first kappa shape index (κ1) is 19.4. The lowest BCUT2D eigenvalue weighted by atomic mass is 10.00. The van der Waals surface area contributed by atoms with Crippen molar-refractivity contribution in [1.29, 1.82) is 0 Å². The number of carbonyl (C=O) groups is 1. The first-order chi connectivity index (χ1) is 14.5. The molecule has 0 saturated carbocycles. The zero-order valence-electron chi connectivity index (χ0n) is 16.8. The van der Waals surface area contributed by atoms with Crippen LogP contribution >= 0.6 is 0 Å². The maximum Gasteiger partial charge on any atom is 0.280 e. The summed E-state index contributed by atoms with van der Waals surface area (Å²) in [6.07, 6.45) is 0.881. The quantitative estimate of drug-likeness (QED) is 0.764. The molecular formula is C21H24F2N4O3. The van der Waals surface area contributed by atoms with E-state index in [0.29, 0.717) is 31.7 Å². The van der Waals surface area contributed by atoms with Crippen molar-refractivity contribution < 1.29 is 23.0 Å². The molecule has 0 spiro atoms. The molecule has 3 fully saturated rings. The summed E-state index contributed by atoms with van der Waals surface area (Å²) in [7, 11) is 1.60. The number of alkyl halides is 2. The van der Waals surface area contributed by atoms with E-state index in [-0.39, 0.29) is 31.8 Å². The van der Waals surface area contributed by atoms with Crippen molar-refractivity contribution in [2.75, 3.05) is 39.9 Å². The van der Waals surface area contributed by atoms with Gasteiger partial charge in [-0.15, -0.1) is 0 Å². The minimum Gasteiger partial charge on any atom is -0.497 e. The predicted molar refractivity (Wildman–Crippen MR) is 104 cm³/mol. The summed E-state index contributed by atoms with van der Waals surface area (Å²) in [5.74, 6) is -2.63. The highest BCUT2D eigenvalue weighted by Gasteiger charge is 2.51. The second-order valence-electron chi connectivity index (χ2n) is 8.03. The van der Waals surface area contributed by atoms with E-state index in [1.54, 1.807) is 16.7 Å². The Morgan fingerprint density at radius 1 is 1.23 bits per heavy atom. The van der Waals surface area contributed by atoms with Crippen LogP contribution < -0.4 is 4.74 Å². The van der Waals surface area contributed by atoms with Crippen LogP contribution in [-0.2, 0) is 17.8 Å². The van der Waals surface area contributed by atoms with Crippen LogP contribution in [0.4, 0.5) is 8.78 Å². The number of halogens is 2. The van der Waals surface area contributed by atoms with Crippen LogP contribution in [0.25, 0.3) is 5.69 Å². The van der Waals surface area contributed by atoms with Crippen molar-refractivity contribution in [3.8, 4) is 11.4 Å². The van der Waals surface area contributed by atoms with Gasteiger partial charge in [0.2, 0.25) is 0 Å². The van der Waals surface area contributed by atoms with Crippen molar-refractivity contribution in [1.82, 2.24) is 19.6 Å². The molecule has 4 aliphatic heterocycles. The van der Waals surface area contributed by atoms with Crippen molar-refractivity contribution in [3.05, 3.63) is 41.2 Å². The molecule has 30 heavy (non-hydrogen) atoms. The summed E-state index contributed by atoms with van der Waals surface area (Å²) >= 11 is 0. The highest BCUT2D eigenvalue weighted by Crippen LogP contribution is 2.35. The van der Waals surface area contributed by atoms with Crippen LogP contribution in [0, 0.1) is 0 Å². The number of hydrogen-bond acceptors (Lipinski definition) is 5. The fourth-order valence-corrected chi connectivity index (χ4v) is 4.70. The molecule has 2 atom stereocenters. The molecule has 6 rings (SSSR count). The van der Waals surface area contributed by atoms with Gasteiger partial charge in [0.15, 0.2) is 5.69 Å². The van der Waals surface area contributed by atoms with Crippen LogP contribution in [-0.4, -0.2) is 77.3 Å². The Labute approximate surface area is 173 Å². The molecule has 3 saturated heterocycles. The Morgan fingerprint density at radius 3 is 2.77 bits per heavy atom. The van der Waals surface area contributed by atoms with Crippen LogP contribution in [0.3, 0.4) is 0 Å². The van der Waals surface area contributed by atoms with E-state index in [9.17, 15) is 13.6 Å². The molecule has 1 amide bonds. The van der Waals surface area contributed by atoms with Gasteiger partial charge in [-0.1, -0.05) is 0 Å². The lowest BCUT2D eigenvalue weighted by Gasteiger charge is -2.37. The maximum atomic E-state index is 14.7. The van der Waals surface area contributed by atoms with Gasteiger partial charge in [-0.3, -0.25) is 9.69 Å². The summed E-state index contributed by atoms with van der Waals surface area (Å²) in [6.45, 7) is 1.82. The molecule has 160 valence electrons. The second kappa shape index (κ2) is 7.31. The van der Waals surface area contributed by atoms with Gasteiger partial charge in [0.05, 0.1) is 44.3 Å². The Balaban J connectivity index is 1.54. The van der Waals surface area contributed by atoms with E-state index in [4.69, 9.17) is 9.47 Å². The van der Waals surface area contributed by atoms with Gasteiger partial charge in [0.25, 0.3) is 11.8 Å². The fraction of sp³-hybridized carbons (Fsp3) is 0.524. The van der Waals surface area contributed by atoms with E-state index in [1.165, 1.54) is 4.90 Å². The Bertz CT molecular complexity index is 960. The van der Waals surface area contributed by atoms with E-state index in [0.717, 1.165) is 17.1 Å². The van der Waals surface area contributed by atoms with Gasteiger partial charge in [-0.05, 0) is 30.7 Å². The zero-order valence-corrected chi connectivity index (χ0v) is 16.8. The molecule has 1 aromatic heterocycles. The largest absolute Gasteiger partial charge is 0.497 e. The number of benzene rings is 1. The average Bonchev–Trinajstić information content (AvgIpc) is 2.93. The topological polar surface area (TPSA) is 59.8 Å². The van der Waals surface area contributed by atoms with E-state index < -0.39 is 17.9 Å². The van der Waals surface area contributed by atoms with E-state index in [2.05, 4.69) is 5.10 Å². The van der Waals surface area contributed by atoms with Gasteiger partial charge >= 0.3 is 0 Å². The van der Waals surface area contributed by atoms with Gasteiger partial charge in [0.1, 0.15) is 5.75 Å². The average molecular weight is 418 g/mol. The van der Waals surface area contributed by atoms with Crippen molar-refractivity contribution in [2.24, 2.45) is 0 Å². The summed E-state index contributed by atoms with van der Waals surface area (Å²) in [5, 5.41) is 4.60. The summed E-state index contributed by atoms with van der Waals surface area (Å²) < 4.78 is 41.9. The minimum atomic E-state index is -2.92. The van der Waals surface area contributed by atoms with Gasteiger partial charge < -0.3 is 14.4 Å². The number of nitrogens with zero attached hydrogens (tertiary/aromatic N) is 4. The number of methoxy groups -OCH3 is 1. The molecule has 0 N–H and O–H groups in total. The Morgan fingerprint density at radius 2 is 2.03 bits per heavy atom. The Hall–Kier alpha value is -2.52. The fourth-order valence-electron chi connectivity index (χ4n) is 4.70. The summed E-state index contributed by atoms with van der Waals surface area (Å²) in [6, 6.07) is 6.30. The predicted octanol–water partition coefficient (Wildman–Crippen LogP) is 2.12. The first-order valence-corrected chi connectivity index (χ1v) is 10.2. The third-order valence-electron chi connectivity index (χ3n) is 6.27. The molecule has 2 bridgehead atoms. The second-order valence-corrected chi connectivity index (χ2v) is 8.03. The number of aromatic nitrogens is 2. The minimum absolute atomic E-state index is 0.219. The number of fused-ring (bicyclic) bond motifs is 5. The number of carbonyl (C=O) groups excluding carboxylic acids is 1. The van der Waals surface area contributed by atoms with Gasteiger partial charge in [-0.25, -0.2) is 13.5 Å². The molecule has 0 radical (unpaired) electrons. The third kappa shape index (κ3) is 3.16. The van der Waals surface area contributed by atoms with E-state index in [1.807, 2.05) is 24.3 Å². The SMILES string of the molecule is COc1ccc(-n2nc(C(=O)N3CCN4CC[C@H]3C(F)(F)C4)c3c2CCOC3)cc1. The maximum absolute atomic E-state index is 14.7. The number of amides is 1. The number of hydrogen-bond donors (Lipinski definition) is 0. The van der Waals surface area contributed by atoms with E-state index >= 15 is 0 Å². The normalized spacial score (nSPS) is 25.0.